The summed E-state index contributed by atoms with van der Waals surface area (Å²) in [4.78, 5) is 0. The second-order valence-corrected chi connectivity index (χ2v) is 4.86. The number of halogens is 1. The number of benzene rings is 1. The molecule has 13 heavy (non-hydrogen) atoms. The minimum atomic E-state index is 0.215. The van der Waals surface area contributed by atoms with Gasteiger partial charge in [0, 0.05) is 5.88 Å². The topological polar surface area (TPSA) is 0 Å². The summed E-state index contributed by atoms with van der Waals surface area (Å²) >= 11 is 5.82. The molecule has 0 bridgehead atoms. The lowest BCUT2D eigenvalue weighted by molar-refractivity contribution is 0.589. The van der Waals surface area contributed by atoms with Crippen LogP contribution in [0.3, 0.4) is 0 Å². The van der Waals surface area contributed by atoms with Crippen LogP contribution in [0.2, 0.25) is 0 Å². The lowest BCUT2D eigenvalue weighted by atomic mass is 9.85. The molecule has 1 aromatic rings. The second kappa shape index (κ2) is 3.71. The van der Waals surface area contributed by atoms with Gasteiger partial charge in [0.25, 0.3) is 0 Å². The molecule has 1 rings (SSSR count). The van der Waals surface area contributed by atoms with Crippen LogP contribution in [0.4, 0.5) is 0 Å². The lowest BCUT2D eigenvalue weighted by Crippen LogP contribution is -2.11. The fraction of sp³-hybridized carbons (Fsp3) is 0.500. The highest BCUT2D eigenvalue weighted by atomic mass is 35.5. The van der Waals surface area contributed by atoms with Gasteiger partial charge >= 0.3 is 0 Å². The predicted octanol–water partition coefficient (Wildman–Crippen LogP) is 4.03. The monoisotopic (exact) mass is 196 g/mol. The van der Waals surface area contributed by atoms with Crippen molar-refractivity contribution in [1.29, 1.82) is 0 Å². The first-order valence-electron chi connectivity index (χ1n) is 4.60. The summed E-state index contributed by atoms with van der Waals surface area (Å²) in [7, 11) is 0. The summed E-state index contributed by atoms with van der Waals surface area (Å²) in [5.74, 6) is 0.602. The highest BCUT2D eigenvalue weighted by Crippen LogP contribution is 2.24. The van der Waals surface area contributed by atoms with Crippen LogP contribution in [0, 0.1) is 6.92 Å². The molecule has 0 saturated heterocycles. The van der Waals surface area contributed by atoms with Crippen molar-refractivity contribution in [3.63, 3.8) is 0 Å². The van der Waals surface area contributed by atoms with E-state index in [1.807, 2.05) is 0 Å². The molecule has 0 aliphatic rings. The Hall–Kier alpha value is -0.490. The highest BCUT2D eigenvalue weighted by Gasteiger charge is 2.14. The van der Waals surface area contributed by atoms with Crippen molar-refractivity contribution in [2.45, 2.75) is 39.0 Å². The molecule has 0 nitrogen and oxygen atoms in total. The number of alkyl halides is 1. The summed E-state index contributed by atoms with van der Waals surface area (Å²) < 4.78 is 0. The zero-order chi connectivity index (χ0) is 10.1. The van der Waals surface area contributed by atoms with Gasteiger partial charge in [-0.25, -0.2) is 0 Å². The molecule has 0 heterocycles. The fourth-order valence-electron chi connectivity index (χ4n) is 1.37. The maximum Gasteiger partial charge on any atom is 0.0474 e. The van der Waals surface area contributed by atoms with E-state index in [1.54, 1.807) is 0 Å². The van der Waals surface area contributed by atoms with Crippen LogP contribution in [-0.2, 0) is 11.3 Å². The van der Waals surface area contributed by atoms with Crippen molar-refractivity contribution in [1.82, 2.24) is 0 Å². The van der Waals surface area contributed by atoms with E-state index in [1.165, 1.54) is 16.7 Å². The minimum absolute atomic E-state index is 0.215. The highest BCUT2D eigenvalue weighted by molar-refractivity contribution is 6.17. The van der Waals surface area contributed by atoms with E-state index in [-0.39, 0.29) is 5.41 Å². The zero-order valence-corrected chi connectivity index (χ0v) is 9.57. The van der Waals surface area contributed by atoms with Gasteiger partial charge in [-0.2, -0.15) is 0 Å². The minimum Gasteiger partial charge on any atom is -0.122 e. The quantitative estimate of drug-likeness (QED) is 0.595. The Labute approximate surface area is 85.9 Å². The van der Waals surface area contributed by atoms with E-state index in [2.05, 4.69) is 45.9 Å². The molecule has 1 aromatic carbocycles. The van der Waals surface area contributed by atoms with Gasteiger partial charge in [0.2, 0.25) is 0 Å². The third-order valence-electron chi connectivity index (χ3n) is 2.16. The van der Waals surface area contributed by atoms with Crippen LogP contribution >= 0.6 is 11.6 Å². The Bertz CT molecular complexity index is 294. The standard InChI is InChI=1S/C12H17Cl/c1-9-5-10(8-13)7-11(6-9)12(2,3)4/h5-7H,8H2,1-4H3. The normalized spacial score (nSPS) is 11.8. The Morgan fingerprint density at radius 2 is 1.77 bits per heavy atom. The number of hydrogen-bond donors (Lipinski definition) is 0. The molecule has 0 aliphatic carbocycles. The largest absolute Gasteiger partial charge is 0.122 e. The van der Waals surface area contributed by atoms with Crippen LogP contribution in [-0.4, -0.2) is 0 Å². The van der Waals surface area contributed by atoms with E-state index in [9.17, 15) is 0 Å². The number of aryl methyl sites for hydroxylation is 1. The van der Waals surface area contributed by atoms with Gasteiger partial charge in [-0.05, 0) is 23.5 Å². The third kappa shape index (κ3) is 2.73. The summed E-state index contributed by atoms with van der Waals surface area (Å²) in [6, 6.07) is 6.57. The second-order valence-electron chi connectivity index (χ2n) is 4.59. The van der Waals surface area contributed by atoms with Crippen LogP contribution in [0.15, 0.2) is 18.2 Å². The van der Waals surface area contributed by atoms with Crippen LogP contribution in [0.25, 0.3) is 0 Å². The third-order valence-corrected chi connectivity index (χ3v) is 2.47. The molecule has 0 saturated carbocycles. The predicted molar refractivity (Wildman–Crippen MR) is 59.4 cm³/mol. The average Bonchev–Trinajstić information content (AvgIpc) is 2.01. The van der Waals surface area contributed by atoms with Gasteiger partial charge < -0.3 is 0 Å². The molecule has 0 atom stereocenters. The first-order valence-corrected chi connectivity index (χ1v) is 5.14. The maximum absolute atomic E-state index is 5.82. The zero-order valence-electron chi connectivity index (χ0n) is 8.82. The van der Waals surface area contributed by atoms with E-state index in [0.29, 0.717) is 5.88 Å². The van der Waals surface area contributed by atoms with E-state index >= 15 is 0 Å². The van der Waals surface area contributed by atoms with Crippen molar-refractivity contribution in [2.24, 2.45) is 0 Å². The van der Waals surface area contributed by atoms with Gasteiger partial charge in [0.1, 0.15) is 0 Å². The fourth-order valence-corrected chi connectivity index (χ4v) is 1.53. The number of hydrogen-bond acceptors (Lipinski definition) is 0. The van der Waals surface area contributed by atoms with Crippen molar-refractivity contribution >= 4 is 11.6 Å². The van der Waals surface area contributed by atoms with Gasteiger partial charge in [0.15, 0.2) is 0 Å². The Kier molecular flexibility index (Phi) is 3.02. The molecule has 0 radical (unpaired) electrons. The molecular weight excluding hydrogens is 180 g/mol. The van der Waals surface area contributed by atoms with Gasteiger partial charge in [0.05, 0.1) is 0 Å². The van der Waals surface area contributed by atoms with Crippen molar-refractivity contribution < 1.29 is 0 Å². The molecular formula is C12H17Cl. The van der Waals surface area contributed by atoms with E-state index < -0.39 is 0 Å². The van der Waals surface area contributed by atoms with Gasteiger partial charge in [-0.3, -0.25) is 0 Å². The Morgan fingerprint density at radius 3 is 2.23 bits per heavy atom. The maximum atomic E-state index is 5.82. The number of rotatable bonds is 1. The molecule has 0 aromatic heterocycles. The van der Waals surface area contributed by atoms with E-state index in [0.717, 1.165) is 0 Å². The van der Waals surface area contributed by atoms with Crippen LogP contribution < -0.4 is 0 Å². The molecule has 0 aliphatic heterocycles. The molecule has 0 spiro atoms. The van der Waals surface area contributed by atoms with Crippen molar-refractivity contribution in [3.05, 3.63) is 34.9 Å². The van der Waals surface area contributed by atoms with Crippen molar-refractivity contribution in [3.8, 4) is 0 Å². The summed E-state index contributed by atoms with van der Waals surface area (Å²) in [5.41, 5.74) is 4.09. The average molecular weight is 197 g/mol. The Morgan fingerprint density at radius 1 is 1.15 bits per heavy atom. The molecule has 0 amide bonds. The SMILES string of the molecule is Cc1cc(CCl)cc(C(C)(C)C)c1. The Balaban J connectivity index is 3.16. The summed E-state index contributed by atoms with van der Waals surface area (Å²) in [6.07, 6.45) is 0. The van der Waals surface area contributed by atoms with Crippen LogP contribution in [0.1, 0.15) is 37.5 Å². The summed E-state index contributed by atoms with van der Waals surface area (Å²) in [6.45, 7) is 8.78. The van der Waals surface area contributed by atoms with E-state index in [4.69, 9.17) is 11.6 Å². The first-order chi connectivity index (χ1) is 5.93. The molecule has 0 fully saturated rings. The molecule has 0 unspecified atom stereocenters. The lowest BCUT2D eigenvalue weighted by Gasteiger charge is -2.20. The van der Waals surface area contributed by atoms with Crippen LogP contribution in [0.5, 0.6) is 0 Å². The smallest absolute Gasteiger partial charge is 0.0474 e. The molecule has 1 heteroatoms. The first kappa shape index (κ1) is 10.6. The van der Waals surface area contributed by atoms with Crippen molar-refractivity contribution in [2.75, 3.05) is 0 Å². The molecule has 0 N–H and O–H groups in total. The summed E-state index contributed by atoms with van der Waals surface area (Å²) in [5, 5.41) is 0. The van der Waals surface area contributed by atoms with Gasteiger partial charge in [-0.1, -0.05) is 44.5 Å². The van der Waals surface area contributed by atoms with Gasteiger partial charge in [-0.15, -0.1) is 11.6 Å². The molecule has 72 valence electrons.